The van der Waals surface area contributed by atoms with Crippen LogP contribution in [0, 0.1) is 5.92 Å². The second kappa shape index (κ2) is 7.86. The zero-order valence-electron chi connectivity index (χ0n) is 12.2. The lowest BCUT2D eigenvalue weighted by molar-refractivity contribution is 0.111. The summed E-state index contributed by atoms with van der Waals surface area (Å²) in [6, 6.07) is 20.6. The minimum absolute atomic E-state index is 0.313. The Bertz CT molecular complexity index is 478. The first kappa shape index (κ1) is 14.8. The van der Waals surface area contributed by atoms with Crippen molar-refractivity contribution in [2.75, 3.05) is 0 Å². The lowest BCUT2D eigenvalue weighted by atomic mass is 9.92. The average molecular weight is 268 g/mol. The summed E-state index contributed by atoms with van der Waals surface area (Å²) in [6.45, 7) is 2.14. The third-order valence-corrected chi connectivity index (χ3v) is 3.90. The van der Waals surface area contributed by atoms with Gasteiger partial charge in [0.2, 0.25) is 0 Å². The van der Waals surface area contributed by atoms with Gasteiger partial charge in [0, 0.05) is 0 Å². The van der Waals surface area contributed by atoms with Crippen molar-refractivity contribution in [3.8, 4) is 0 Å². The van der Waals surface area contributed by atoms with Gasteiger partial charge in [0.15, 0.2) is 0 Å². The van der Waals surface area contributed by atoms with Crippen LogP contribution < -0.4 is 0 Å². The van der Waals surface area contributed by atoms with Crippen LogP contribution in [0.15, 0.2) is 60.7 Å². The van der Waals surface area contributed by atoms with E-state index in [9.17, 15) is 5.11 Å². The van der Waals surface area contributed by atoms with Gasteiger partial charge in [-0.05, 0) is 36.3 Å². The van der Waals surface area contributed by atoms with E-state index in [1.807, 2.05) is 30.3 Å². The molecule has 0 fully saturated rings. The SMILES string of the molecule is CC(CCCCc1ccccc1)C(O)c1ccccc1. The van der Waals surface area contributed by atoms with Crippen molar-refractivity contribution in [1.29, 1.82) is 0 Å². The van der Waals surface area contributed by atoms with Gasteiger partial charge in [0.25, 0.3) is 0 Å². The Labute approximate surface area is 122 Å². The van der Waals surface area contributed by atoms with E-state index < -0.39 is 0 Å². The van der Waals surface area contributed by atoms with Crippen LogP contribution in [-0.4, -0.2) is 5.11 Å². The summed E-state index contributed by atoms with van der Waals surface area (Å²) in [4.78, 5) is 0. The van der Waals surface area contributed by atoms with E-state index in [4.69, 9.17) is 0 Å². The molecule has 0 aromatic heterocycles. The molecule has 0 aliphatic carbocycles. The molecule has 2 unspecified atom stereocenters. The number of rotatable bonds is 7. The molecule has 2 atom stereocenters. The van der Waals surface area contributed by atoms with E-state index in [-0.39, 0.29) is 6.10 Å². The van der Waals surface area contributed by atoms with Gasteiger partial charge >= 0.3 is 0 Å². The predicted molar refractivity (Wildman–Crippen MR) is 84.6 cm³/mol. The average Bonchev–Trinajstić information content (AvgIpc) is 2.52. The first-order valence-electron chi connectivity index (χ1n) is 7.54. The molecule has 2 rings (SSSR count). The molecule has 1 nitrogen and oxygen atoms in total. The van der Waals surface area contributed by atoms with Crippen molar-refractivity contribution in [1.82, 2.24) is 0 Å². The topological polar surface area (TPSA) is 20.2 Å². The van der Waals surface area contributed by atoms with Crippen LogP contribution >= 0.6 is 0 Å². The number of aliphatic hydroxyl groups is 1. The minimum Gasteiger partial charge on any atom is -0.388 e. The van der Waals surface area contributed by atoms with Crippen molar-refractivity contribution < 1.29 is 5.11 Å². The maximum absolute atomic E-state index is 10.3. The van der Waals surface area contributed by atoms with Crippen molar-refractivity contribution in [3.05, 3.63) is 71.8 Å². The number of aryl methyl sites for hydroxylation is 1. The number of hydrogen-bond acceptors (Lipinski definition) is 1. The Kier molecular flexibility index (Phi) is 5.82. The van der Waals surface area contributed by atoms with Gasteiger partial charge < -0.3 is 5.11 Å². The van der Waals surface area contributed by atoms with E-state index in [0.717, 1.165) is 18.4 Å². The molecular weight excluding hydrogens is 244 g/mol. The van der Waals surface area contributed by atoms with E-state index in [1.54, 1.807) is 0 Å². The molecule has 0 radical (unpaired) electrons. The van der Waals surface area contributed by atoms with Crippen LogP contribution in [0.5, 0.6) is 0 Å². The number of aliphatic hydroxyl groups excluding tert-OH is 1. The summed E-state index contributed by atoms with van der Waals surface area (Å²) in [5.41, 5.74) is 2.44. The van der Waals surface area contributed by atoms with Crippen molar-refractivity contribution >= 4 is 0 Å². The summed E-state index contributed by atoms with van der Waals surface area (Å²) in [7, 11) is 0. The van der Waals surface area contributed by atoms with Crippen LogP contribution in [0.4, 0.5) is 0 Å². The number of benzene rings is 2. The number of hydrogen-bond donors (Lipinski definition) is 1. The molecule has 20 heavy (non-hydrogen) atoms. The fourth-order valence-corrected chi connectivity index (χ4v) is 2.58. The summed E-state index contributed by atoms with van der Waals surface area (Å²) < 4.78 is 0. The minimum atomic E-state index is -0.340. The Morgan fingerprint density at radius 3 is 2.10 bits per heavy atom. The number of unbranched alkanes of at least 4 members (excludes halogenated alkanes) is 1. The molecule has 0 aliphatic rings. The smallest absolute Gasteiger partial charge is 0.0815 e. The molecule has 2 aromatic rings. The van der Waals surface area contributed by atoms with Crippen molar-refractivity contribution in [3.63, 3.8) is 0 Å². The molecule has 106 valence electrons. The van der Waals surface area contributed by atoms with Gasteiger partial charge in [-0.25, -0.2) is 0 Å². The highest BCUT2D eigenvalue weighted by molar-refractivity contribution is 5.18. The third-order valence-electron chi connectivity index (χ3n) is 3.90. The van der Waals surface area contributed by atoms with E-state index >= 15 is 0 Å². The van der Waals surface area contributed by atoms with Gasteiger partial charge in [-0.15, -0.1) is 0 Å². The molecule has 0 spiro atoms. The van der Waals surface area contributed by atoms with Gasteiger partial charge in [0.05, 0.1) is 6.10 Å². The molecule has 2 aromatic carbocycles. The van der Waals surface area contributed by atoms with Gasteiger partial charge in [-0.2, -0.15) is 0 Å². The molecule has 0 saturated carbocycles. The second-order valence-electron chi connectivity index (χ2n) is 5.56. The van der Waals surface area contributed by atoms with E-state index in [2.05, 4.69) is 37.3 Å². The summed E-state index contributed by atoms with van der Waals surface area (Å²) >= 11 is 0. The maximum Gasteiger partial charge on any atom is 0.0815 e. The molecule has 1 heteroatoms. The Morgan fingerprint density at radius 2 is 1.45 bits per heavy atom. The Morgan fingerprint density at radius 1 is 0.850 bits per heavy atom. The van der Waals surface area contributed by atoms with Crippen molar-refractivity contribution in [2.45, 2.75) is 38.7 Å². The maximum atomic E-state index is 10.3. The van der Waals surface area contributed by atoms with Crippen LogP contribution in [0.2, 0.25) is 0 Å². The fourth-order valence-electron chi connectivity index (χ4n) is 2.58. The highest BCUT2D eigenvalue weighted by Gasteiger charge is 2.15. The van der Waals surface area contributed by atoms with E-state index in [0.29, 0.717) is 5.92 Å². The lowest BCUT2D eigenvalue weighted by Gasteiger charge is -2.19. The first-order valence-corrected chi connectivity index (χ1v) is 7.54. The second-order valence-corrected chi connectivity index (χ2v) is 5.56. The van der Waals surface area contributed by atoms with Crippen LogP contribution in [0.3, 0.4) is 0 Å². The largest absolute Gasteiger partial charge is 0.388 e. The third kappa shape index (κ3) is 4.50. The van der Waals surface area contributed by atoms with Crippen LogP contribution in [-0.2, 0) is 6.42 Å². The summed E-state index contributed by atoms with van der Waals surface area (Å²) in [6.07, 6.45) is 4.22. The van der Waals surface area contributed by atoms with Gasteiger partial charge in [-0.1, -0.05) is 74.0 Å². The molecule has 0 saturated heterocycles. The van der Waals surface area contributed by atoms with E-state index in [1.165, 1.54) is 18.4 Å². The molecule has 0 aliphatic heterocycles. The summed E-state index contributed by atoms with van der Waals surface area (Å²) in [5.74, 6) is 0.313. The first-order chi connectivity index (χ1) is 9.77. The van der Waals surface area contributed by atoms with Crippen LogP contribution in [0.25, 0.3) is 0 Å². The zero-order valence-corrected chi connectivity index (χ0v) is 12.2. The van der Waals surface area contributed by atoms with Crippen molar-refractivity contribution in [2.24, 2.45) is 5.92 Å². The Balaban J connectivity index is 1.71. The quantitative estimate of drug-likeness (QED) is 0.717. The highest BCUT2D eigenvalue weighted by Crippen LogP contribution is 2.25. The molecule has 0 amide bonds. The van der Waals surface area contributed by atoms with Gasteiger partial charge in [-0.3, -0.25) is 0 Å². The molecule has 0 heterocycles. The molecule has 0 bridgehead atoms. The normalized spacial score (nSPS) is 13.9. The fraction of sp³-hybridized carbons (Fsp3) is 0.368. The lowest BCUT2D eigenvalue weighted by Crippen LogP contribution is -2.09. The highest BCUT2D eigenvalue weighted by atomic mass is 16.3. The van der Waals surface area contributed by atoms with Crippen LogP contribution in [0.1, 0.15) is 43.4 Å². The molecular formula is C19H24O. The summed E-state index contributed by atoms with van der Waals surface area (Å²) in [5, 5.41) is 10.3. The molecule has 1 N–H and O–H groups in total. The predicted octanol–water partition coefficient (Wildman–Crippen LogP) is 4.77. The zero-order chi connectivity index (χ0) is 14.2. The Hall–Kier alpha value is -1.60. The standard InChI is InChI=1S/C19H24O/c1-16(19(20)18-14-6-3-7-15-18)10-8-9-13-17-11-4-2-5-12-17/h2-7,11-12,14-16,19-20H,8-10,13H2,1H3. The van der Waals surface area contributed by atoms with Gasteiger partial charge in [0.1, 0.15) is 0 Å². The monoisotopic (exact) mass is 268 g/mol.